The van der Waals surface area contributed by atoms with E-state index in [1.165, 1.54) is 22.3 Å². The van der Waals surface area contributed by atoms with E-state index in [0.717, 1.165) is 6.42 Å². The number of rotatable bonds is 2. The zero-order chi connectivity index (χ0) is 10.7. The summed E-state index contributed by atoms with van der Waals surface area (Å²) >= 11 is 0. The maximum atomic E-state index is 2.28. The molecule has 84 valence electrons. The molecule has 0 atom stereocenters. The van der Waals surface area contributed by atoms with Gasteiger partial charge < -0.3 is 6.15 Å². The summed E-state index contributed by atoms with van der Waals surface area (Å²) in [6.45, 7) is 4.33. The van der Waals surface area contributed by atoms with Crippen LogP contribution in [0.15, 0.2) is 48.5 Å². The van der Waals surface area contributed by atoms with Crippen LogP contribution in [0.2, 0.25) is 0 Å². The van der Waals surface area contributed by atoms with Gasteiger partial charge in [0.05, 0.1) is 0 Å². The molecule has 0 saturated carbocycles. The highest BCUT2D eigenvalue weighted by Gasteiger charge is 1.99. The van der Waals surface area contributed by atoms with Crippen LogP contribution >= 0.6 is 0 Å². The van der Waals surface area contributed by atoms with E-state index in [2.05, 4.69) is 62.4 Å². The Kier molecular flexibility index (Phi) is 4.27. The second kappa shape index (κ2) is 5.47. The molecule has 3 N–H and O–H groups in total. The van der Waals surface area contributed by atoms with Crippen molar-refractivity contribution in [3.05, 3.63) is 70.8 Å². The Morgan fingerprint density at radius 2 is 1.56 bits per heavy atom. The normalized spacial score (nSPS) is 9.62. The van der Waals surface area contributed by atoms with Gasteiger partial charge in [0, 0.05) is 0 Å². The van der Waals surface area contributed by atoms with Crippen molar-refractivity contribution < 1.29 is 0 Å². The predicted molar refractivity (Wildman–Crippen MR) is 70.2 cm³/mol. The van der Waals surface area contributed by atoms with Crippen molar-refractivity contribution in [2.45, 2.75) is 20.3 Å². The Balaban J connectivity index is 0.00000128. The standard InChI is InChI=1S/C15H16.H3N/c1-12-8-9-13(2)15(10-12)11-14-6-4-3-5-7-14;/h3-10H,11H2,1-2H3;1H3. The van der Waals surface area contributed by atoms with Crippen molar-refractivity contribution in [1.82, 2.24) is 6.15 Å². The molecular formula is C15H19N. The zero-order valence-corrected chi connectivity index (χ0v) is 10.0. The van der Waals surface area contributed by atoms with Crippen LogP contribution in [0.25, 0.3) is 0 Å². The van der Waals surface area contributed by atoms with Crippen molar-refractivity contribution in [3.63, 3.8) is 0 Å². The van der Waals surface area contributed by atoms with Crippen LogP contribution in [-0.2, 0) is 6.42 Å². The number of benzene rings is 2. The molecule has 2 aromatic rings. The Bertz CT molecular complexity index is 446. The summed E-state index contributed by atoms with van der Waals surface area (Å²) in [7, 11) is 0. The smallest absolute Gasteiger partial charge is 0.00231 e. The van der Waals surface area contributed by atoms with E-state index in [1.54, 1.807) is 0 Å². The molecule has 0 aliphatic heterocycles. The van der Waals surface area contributed by atoms with E-state index in [-0.39, 0.29) is 6.15 Å². The molecule has 0 aromatic heterocycles. The third-order valence-corrected chi connectivity index (χ3v) is 2.74. The largest absolute Gasteiger partial charge is 0.344 e. The van der Waals surface area contributed by atoms with E-state index in [9.17, 15) is 0 Å². The molecule has 0 amide bonds. The highest BCUT2D eigenvalue weighted by molar-refractivity contribution is 5.34. The quantitative estimate of drug-likeness (QED) is 0.802. The fourth-order valence-corrected chi connectivity index (χ4v) is 1.81. The summed E-state index contributed by atoms with van der Waals surface area (Å²) in [5.41, 5.74) is 5.53. The van der Waals surface area contributed by atoms with Crippen LogP contribution in [0.5, 0.6) is 0 Å². The van der Waals surface area contributed by atoms with Gasteiger partial charge in [0.25, 0.3) is 0 Å². The van der Waals surface area contributed by atoms with Gasteiger partial charge >= 0.3 is 0 Å². The Morgan fingerprint density at radius 3 is 2.25 bits per heavy atom. The van der Waals surface area contributed by atoms with Gasteiger partial charge in [-0.25, -0.2) is 0 Å². The van der Waals surface area contributed by atoms with Gasteiger partial charge in [-0.2, -0.15) is 0 Å². The monoisotopic (exact) mass is 213 g/mol. The average molecular weight is 213 g/mol. The van der Waals surface area contributed by atoms with Crippen LogP contribution in [0.3, 0.4) is 0 Å². The van der Waals surface area contributed by atoms with Crippen LogP contribution in [0, 0.1) is 13.8 Å². The van der Waals surface area contributed by atoms with E-state index >= 15 is 0 Å². The lowest BCUT2D eigenvalue weighted by atomic mass is 9.99. The summed E-state index contributed by atoms with van der Waals surface area (Å²) in [4.78, 5) is 0. The number of hydrogen-bond acceptors (Lipinski definition) is 1. The van der Waals surface area contributed by atoms with Crippen molar-refractivity contribution >= 4 is 0 Å². The fraction of sp³-hybridized carbons (Fsp3) is 0.200. The lowest BCUT2D eigenvalue weighted by Gasteiger charge is -2.07. The average Bonchev–Trinajstić information content (AvgIpc) is 2.25. The minimum atomic E-state index is 0. The van der Waals surface area contributed by atoms with E-state index < -0.39 is 0 Å². The molecule has 0 unspecified atom stereocenters. The van der Waals surface area contributed by atoms with Gasteiger partial charge in [-0.3, -0.25) is 0 Å². The Hall–Kier alpha value is -1.60. The van der Waals surface area contributed by atoms with Crippen LogP contribution in [-0.4, -0.2) is 0 Å². The van der Waals surface area contributed by atoms with E-state index in [0.29, 0.717) is 0 Å². The summed E-state index contributed by atoms with van der Waals surface area (Å²) in [6.07, 6.45) is 1.04. The zero-order valence-electron chi connectivity index (χ0n) is 10.0. The summed E-state index contributed by atoms with van der Waals surface area (Å²) in [5, 5.41) is 0. The first kappa shape index (κ1) is 12.5. The molecule has 0 bridgehead atoms. The SMILES string of the molecule is Cc1ccc(C)c(Cc2ccccc2)c1.N. The minimum absolute atomic E-state index is 0. The fourth-order valence-electron chi connectivity index (χ4n) is 1.81. The predicted octanol–water partition coefficient (Wildman–Crippen LogP) is 4.06. The second-order valence-corrected chi connectivity index (χ2v) is 4.09. The molecule has 0 spiro atoms. The van der Waals surface area contributed by atoms with Gasteiger partial charge in [0.15, 0.2) is 0 Å². The summed E-state index contributed by atoms with van der Waals surface area (Å²) < 4.78 is 0. The van der Waals surface area contributed by atoms with E-state index in [1.807, 2.05) is 0 Å². The van der Waals surface area contributed by atoms with Gasteiger partial charge in [-0.05, 0) is 37.0 Å². The van der Waals surface area contributed by atoms with Crippen molar-refractivity contribution in [2.75, 3.05) is 0 Å². The lowest BCUT2D eigenvalue weighted by molar-refractivity contribution is 1.14. The van der Waals surface area contributed by atoms with Crippen molar-refractivity contribution in [1.29, 1.82) is 0 Å². The first-order valence-electron chi connectivity index (χ1n) is 5.36. The summed E-state index contributed by atoms with van der Waals surface area (Å²) in [6, 6.07) is 17.3. The van der Waals surface area contributed by atoms with Gasteiger partial charge in [0.2, 0.25) is 0 Å². The third-order valence-electron chi connectivity index (χ3n) is 2.74. The molecule has 16 heavy (non-hydrogen) atoms. The molecule has 2 rings (SSSR count). The van der Waals surface area contributed by atoms with Gasteiger partial charge in [-0.1, -0.05) is 54.1 Å². The van der Waals surface area contributed by atoms with Crippen molar-refractivity contribution in [2.24, 2.45) is 0 Å². The molecule has 1 heteroatoms. The first-order valence-corrected chi connectivity index (χ1v) is 5.36. The van der Waals surface area contributed by atoms with Crippen LogP contribution < -0.4 is 6.15 Å². The molecule has 0 saturated heterocycles. The first-order chi connectivity index (χ1) is 7.25. The molecule has 0 aliphatic carbocycles. The van der Waals surface area contributed by atoms with Gasteiger partial charge in [-0.15, -0.1) is 0 Å². The Labute approximate surface area is 97.7 Å². The highest BCUT2D eigenvalue weighted by atomic mass is 14.0. The molecule has 0 heterocycles. The van der Waals surface area contributed by atoms with Crippen molar-refractivity contribution in [3.8, 4) is 0 Å². The lowest BCUT2D eigenvalue weighted by Crippen LogP contribution is -1.92. The van der Waals surface area contributed by atoms with Crippen LogP contribution in [0.1, 0.15) is 22.3 Å². The maximum Gasteiger partial charge on any atom is -0.00231 e. The molecule has 0 aliphatic rings. The Morgan fingerprint density at radius 1 is 0.875 bits per heavy atom. The second-order valence-electron chi connectivity index (χ2n) is 4.09. The molecule has 0 radical (unpaired) electrons. The molecule has 2 aromatic carbocycles. The minimum Gasteiger partial charge on any atom is -0.344 e. The maximum absolute atomic E-state index is 2.28. The molecule has 0 fully saturated rings. The summed E-state index contributed by atoms with van der Waals surface area (Å²) in [5.74, 6) is 0. The third kappa shape index (κ3) is 2.94. The molecule has 1 nitrogen and oxygen atoms in total. The van der Waals surface area contributed by atoms with Gasteiger partial charge in [0.1, 0.15) is 0 Å². The highest BCUT2D eigenvalue weighted by Crippen LogP contribution is 2.15. The number of aryl methyl sites for hydroxylation is 2. The van der Waals surface area contributed by atoms with E-state index in [4.69, 9.17) is 0 Å². The topological polar surface area (TPSA) is 35.0 Å². The van der Waals surface area contributed by atoms with Crippen LogP contribution in [0.4, 0.5) is 0 Å². The number of hydrogen-bond donors (Lipinski definition) is 1. The molecular weight excluding hydrogens is 194 g/mol.